The first-order chi connectivity index (χ1) is 11.3. The first-order valence-electron chi connectivity index (χ1n) is 7.50. The van der Waals surface area contributed by atoms with Gasteiger partial charge in [-0.15, -0.1) is 0 Å². The fraction of sp³-hybridized carbons (Fsp3) is 0.467. The molecule has 1 aromatic rings. The van der Waals surface area contributed by atoms with Crippen molar-refractivity contribution < 1.29 is 22.8 Å². The zero-order chi connectivity index (χ0) is 17.6. The molecule has 0 radical (unpaired) electrons. The number of hydrogen-bond acceptors (Lipinski definition) is 4. The lowest BCUT2D eigenvalue weighted by Crippen LogP contribution is -2.51. The van der Waals surface area contributed by atoms with Crippen molar-refractivity contribution >= 4 is 17.6 Å². The first-order valence-corrected chi connectivity index (χ1v) is 7.50. The summed E-state index contributed by atoms with van der Waals surface area (Å²) < 4.78 is 35.9. The van der Waals surface area contributed by atoms with Crippen LogP contribution in [0.3, 0.4) is 0 Å². The van der Waals surface area contributed by atoms with Crippen molar-refractivity contribution in [3.8, 4) is 0 Å². The minimum Gasteiger partial charge on any atom is -0.369 e. The van der Waals surface area contributed by atoms with Crippen molar-refractivity contribution in [2.75, 3.05) is 44.2 Å². The second-order valence-electron chi connectivity index (χ2n) is 5.44. The van der Waals surface area contributed by atoms with Crippen molar-refractivity contribution in [3.63, 3.8) is 0 Å². The van der Waals surface area contributed by atoms with Crippen molar-refractivity contribution in [1.82, 2.24) is 15.5 Å². The van der Waals surface area contributed by atoms with E-state index < -0.39 is 24.7 Å². The molecule has 0 aliphatic carbocycles. The van der Waals surface area contributed by atoms with Gasteiger partial charge in [0.05, 0.1) is 6.54 Å². The Bertz CT molecular complexity index is 558. The van der Waals surface area contributed by atoms with Gasteiger partial charge in [0.25, 0.3) is 0 Å². The maximum atomic E-state index is 12.0. The summed E-state index contributed by atoms with van der Waals surface area (Å²) in [6.45, 7) is 1.23. The molecule has 1 aliphatic rings. The zero-order valence-electron chi connectivity index (χ0n) is 13.0. The highest BCUT2D eigenvalue weighted by Gasteiger charge is 2.28. The molecule has 24 heavy (non-hydrogen) atoms. The highest BCUT2D eigenvalue weighted by atomic mass is 19.4. The number of carbonyl (C=O) groups is 2. The zero-order valence-corrected chi connectivity index (χ0v) is 13.0. The van der Waals surface area contributed by atoms with Crippen LogP contribution < -0.4 is 15.5 Å². The highest BCUT2D eigenvalue weighted by Crippen LogP contribution is 2.15. The van der Waals surface area contributed by atoms with Gasteiger partial charge in [-0.1, -0.05) is 18.2 Å². The van der Waals surface area contributed by atoms with Crippen LogP contribution in [0.4, 0.5) is 23.7 Å². The van der Waals surface area contributed by atoms with E-state index in [0.717, 1.165) is 18.8 Å². The lowest BCUT2D eigenvalue weighted by Gasteiger charge is -2.35. The molecule has 0 bridgehead atoms. The fourth-order valence-electron chi connectivity index (χ4n) is 2.40. The molecule has 1 aromatic carbocycles. The van der Waals surface area contributed by atoms with Gasteiger partial charge >= 0.3 is 12.2 Å². The van der Waals surface area contributed by atoms with Gasteiger partial charge in [-0.05, 0) is 12.1 Å². The number of nitrogens with zero attached hydrogens (tertiary/aromatic N) is 2. The van der Waals surface area contributed by atoms with Gasteiger partial charge in [0, 0.05) is 31.9 Å². The van der Waals surface area contributed by atoms with E-state index in [1.165, 1.54) is 0 Å². The molecule has 0 spiro atoms. The number of piperazine rings is 1. The third-order valence-corrected chi connectivity index (χ3v) is 3.56. The van der Waals surface area contributed by atoms with Gasteiger partial charge in [0.15, 0.2) is 0 Å². The topological polar surface area (TPSA) is 64.7 Å². The molecule has 3 amide bonds. The average molecular weight is 344 g/mol. The van der Waals surface area contributed by atoms with Crippen LogP contribution in [-0.4, -0.2) is 62.3 Å². The number of imide groups is 1. The number of anilines is 1. The quantitative estimate of drug-likeness (QED) is 0.861. The smallest absolute Gasteiger partial charge is 0.369 e. The van der Waals surface area contributed by atoms with Crippen LogP contribution in [0.1, 0.15) is 0 Å². The van der Waals surface area contributed by atoms with Crippen molar-refractivity contribution in [2.45, 2.75) is 6.18 Å². The van der Waals surface area contributed by atoms with Crippen molar-refractivity contribution in [1.29, 1.82) is 0 Å². The Hall–Kier alpha value is -2.29. The molecule has 0 aromatic heterocycles. The van der Waals surface area contributed by atoms with Crippen molar-refractivity contribution in [2.24, 2.45) is 0 Å². The van der Waals surface area contributed by atoms with Crippen LogP contribution in [0, 0.1) is 0 Å². The number of halogens is 3. The van der Waals surface area contributed by atoms with Crippen LogP contribution >= 0.6 is 0 Å². The molecule has 2 rings (SSSR count). The Kier molecular flexibility index (Phi) is 6.02. The Balaban J connectivity index is 1.69. The maximum Gasteiger partial charge on any atom is 0.405 e. The van der Waals surface area contributed by atoms with Crippen molar-refractivity contribution in [3.05, 3.63) is 30.3 Å². The number of amides is 3. The number of benzene rings is 1. The molecule has 6 nitrogen and oxygen atoms in total. The van der Waals surface area contributed by atoms with Crippen LogP contribution in [-0.2, 0) is 4.79 Å². The second-order valence-corrected chi connectivity index (χ2v) is 5.44. The van der Waals surface area contributed by atoms with Crippen LogP contribution in [0.15, 0.2) is 30.3 Å². The highest BCUT2D eigenvalue weighted by molar-refractivity contribution is 5.95. The monoisotopic (exact) mass is 344 g/mol. The third-order valence-electron chi connectivity index (χ3n) is 3.56. The van der Waals surface area contributed by atoms with Crippen LogP contribution in [0.2, 0.25) is 0 Å². The predicted molar refractivity (Wildman–Crippen MR) is 82.7 cm³/mol. The molecule has 132 valence electrons. The Morgan fingerprint density at radius 3 is 2.25 bits per heavy atom. The predicted octanol–water partition coefficient (Wildman–Crippen LogP) is 1.20. The Labute approximate surface area is 137 Å². The van der Waals surface area contributed by atoms with Gasteiger partial charge in [-0.3, -0.25) is 15.0 Å². The molecule has 0 unspecified atom stereocenters. The van der Waals surface area contributed by atoms with Crippen LogP contribution in [0.25, 0.3) is 0 Å². The number of carbonyl (C=O) groups excluding carboxylic acids is 2. The summed E-state index contributed by atoms with van der Waals surface area (Å²) in [7, 11) is 0. The maximum absolute atomic E-state index is 12.0. The normalized spacial score (nSPS) is 15.9. The molecule has 9 heteroatoms. The lowest BCUT2D eigenvalue weighted by molar-refractivity contribution is -0.125. The van der Waals surface area contributed by atoms with Crippen LogP contribution in [0.5, 0.6) is 0 Å². The molecule has 2 N–H and O–H groups in total. The molecule has 1 saturated heterocycles. The Morgan fingerprint density at radius 2 is 1.67 bits per heavy atom. The van der Waals surface area contributed by atoms with E-state index in [1.54, 1.807) is 5.32 Å². The molecule has 1 aliphatic heterocycles. The number of hydrogen-bond donors (Lipinski definition) is 2. The SMILES string of the molecule is O=C(CN1CCN(c2ccccc2)CC1)NC(=O)NCC(F)(F)F. The standard InChI is InChI=1S/C15H19F3N4O2/c16-15(17,18)11-19-14(24)20-13(23)10-21-6-8-22(9-7-21)12-4-2-1-3-5-12/h1-5H,6-11H2,(H2,19,20,23,24). The summed E-state index contributed by atoms with van der Waals surface area (Å²) in [5.74, 6) is -0.622. The minimum absolute atomic E-state index is 0.0257. The number of para-hydroxylation sites is 1. The number of urea groups is 1. The molecule has 0 atom stereocenters. The van der Waals surface area contributed by atoms with E-state index in [0.29, 0.717) is 13.1 Å². The summed E-state index contributed by atoms with van der Waals surface area (Å²) in [5.41, 5.74) is 1.10. The van der Waals surface area contributed by atoms with E-state index in [2.05, 4.69) is 4.90 Å². The van der Waals surface area contributed by atoms with Gasteiger partial charge in [0.2, 0.25) is 5.91 Å². The summed E-state index contributed by atoms with van der Waals surface area (Å²) in [6.07, 6.45) is -4.51. The first kappa shape index (κ1) is 18.1. The molecular weight excluding hydrogens is 325 g/mol. The minimum atomic E-state index is -4.51. The summed E-state index contributed by atoms with van der Waals surface area (Å²) in [6, 6.07) is 8.72. The van der Waals surface area contributed by atoms with Gasteiger partial charge in [-0.2, -0.15) is 13.2 Å². The number of nitrogens with one attached hydrogen (secondary N) is 2. The fourth-order valence-corrected chi connectivity index (χ4v) is 2.40. The summed E-state index contributed by atoms with van der Waals surface area (Å²) >= 11 is 0. The van der Waals surface area contributed by atoms with Gasteiger partial charge in [-0.25, -0.2) is 4.79 Å². The van der Waals surface area contributed by atoms with E-state index in [9.17, 15) is 22.8 Å². The summed E-state index contributed by atoms with van der Waals surface area (Å²) in [4.78, 5) is 26.9. The third kappa shape index (κ3) is 6.07. The summed E-state index contributed by atoms with van der Waals surface area (Å²) in [5, 5.41) is 3.50. The van der Waals surface area contributed by atoms with E-state index in [4.69, 9.17) is 0 Å². The molecule has 1 heterocycles. The van der Waals surface area contributed by atoms with Gasteiger partial charge in [0.1, 0.15) is 6.54 Å². The number of alkyl halides is 3. The molecule has 1 fully saturated rings. The second kappa shape index (κ2) is 8.00. The molecular formula is C15H19F3N4O2. The van der Waals surface area contributed by atoms with E-state index >= 15 is 0 Å². The largest absolute Gasteiger partial charge is 0.405 e. The lowest BCUT2D eigenvalue weighted by atomic mass is 10.2. The van der Waals surface area contributed by atoms with E-state index in [1.807, 2.05) is 40.5 Å². The Morgan fingerprint density at radius 1 is 1.04 bits per heavy atom. The molecule has 0 saturated carbocycles. The number of rotatable bonds is 4. The average Bonchev–Trinajstić information content (AvgIpc) is 2.54. The van der Waals surface area contributed by atoms with Gasteiger partial charge < -0.3 is 10.2 Å². The van der Waals surface area contributed by atoms with E-state index in [-0.39, 0.29) is 6.54 Å².